The third kappa shape index (κ3) is 4.11. The molecule has 17 heavy (non-hydrogen) atoms. The lowest BCUT2D eigenvalue weighted by atomic mass is 10.1. The highest BCUT2D eigenvalue weighted by Crippen LogP contribution is 2.36. The Morgan fingerprint density at radius 3 is 2.41 bits per heavy atom. The first-order valence-electron chi connectivity index (χ1n) is 5.34. The standard InChI is InChI=1S/C12H15ClF3N/c1-9(13)7-8-17(2)11-6-4-3-5-10(11)12(14,15)16/h3-6,9H,7-8H2,1-2H3. The van der Waals surface area contributed by atoms with Crippen molar-refractivity contribution in [1.29, 1.82) is 0 Å². The molecule has 1 unspecified atom stereocenters. The van der Waals surface area contributed by atoms with Gasteiger partial charge in [0.2, 0.25) is 0 Å². The van der Waals surface area contributed by atoms with E-state index in [4.69, 9.17) is 11.6 Å². The smallest absolute Gasteiger partial charge is 0.374 e. The van der Waals surface area contributed by atoms with Crippen LogP contribution in [0.25, 0.3) is 0 Å². The second-order valence-electron chi connectivity index (χ2n) is 4.01. The Labute approximate surface area is 104 Å². The third-order valence-electron chi connectivity index (χ3n) is 2.48. The average molecular weight is 266 g/mol. The largest absolute Gasteiger partial charge is 0.418 e. The Hall–Kier alpha value is -0.900. The van der Waals surface area contributed by atoms with E-state index in [2.05, 4.69) is 0 Å². The summed E-state index contributed by atoms with van der Waals surface area (Å²) in [5.41, 5.74) is -0.415. The zero-order valence-corrected chi connectivity index (χ0v) is 10.5. The summed E-state index contributed by atoms with van der Waals surface area (Å²) < 4.78 is 38.3. The van der Waals surface area contributed by atoms with Crippen molar-refractivity contribution in [3.05, 3.63) is 29.8 Å². The molecular weight excluding hydrogens is 251 g/mol. The van der Waals surface area contributed by atoms with Crippen LogP contribution in [0.15, 0.2) is 24.3 Å². The molecule has 1 nitrogen and oxygen atoms in total. The second-order valence-corrected chi connectivity index (χ2v) is 4.75. The van der Waals surface area contributed by atoms with Gasteiger partial charge < -0.3 is 4.90 Å². The highest BCUT2D eigenvalue weighted by molar-refractivity contribution is 6.20. The number of hydrogen-bond donors (Lipinski definition) is 0. The normalized spacial score (nSPS) is 13.5. The first-order chi connectivity index (χ1) is 7.82. The summed E-state index contributed by atoms with van der Waals surface area (Å²) in [5, 5.41) is -0.0458. The summed E-state index contributed by atoms with van der Waals surface area (Å²) in [7, 11) is 1.64. The lowest BCUT2D eigenvalue weighted by Gasteiger charge is -2.23. The van der Waals surface area contributed by atoms with Gasteiger partial charge in [0.15, 0.2) is 0 Å². The van der Waals surface area contributed by atoms with Gasteiger partial charge in [-0.2, -0.15) is 13.2 Å². The summed E-state index contributed by atoms with van der Waals surface area (Å²) in [5.74, 6) is 0. The van der Waals surface area contributed by atoms with Crippen molar-refractivity contribution in [1.82, 2.24) is 0 Å². The van der Waals surface area contributed by atoms with Crippen molar-refractivity contribution in [3.63, 3.8) is 0 Å². The van der Waals surface area contributed by atoms with E-state index >= 15 is 0 Å². The molecule has 0 spiro atoms. The Bertz CT molecular complexity index is 363. The summed E-state index contributed by atoms with van der Waals surface area (Å²) in [6.45, 7) is 2.32. The predicted octanol–water partition coefficient (Wildman–Crippen LogP) is 4.16. The lowest BCUT2D eigenvalue weighted by molar-refractivity contribution is -0.137. The Morgan fingerprint density at radius 2 is 1.88 bits per heavy atom. The van der Waals surface area contributed by atoms with Crippen molar-refractivity contribution in [2.24, 2.45) is 0 Å². The minimum Gasteiger partial charge on any atom is -0.374 e. The van der Waals surface area contributed by atoms with E-state index in [0.717, 1.165) is 6.07 Å². The summed E-state index contributed by atoms with van der Waals surface area (Å²) in [6, 6.07) is 5.56. The van der Waals surface area contributed by atoms with Gasteiger partial charge in [-0.15, -0.1) is 11.6 Å². The van der Waals surface area contributed by atoms with Crippen LogP contribution in [0.2, 0.25) is 0 Å². The van der Waals surface area contributed by atoms with Crippen LogP contribution in [0, 0.1) is 0 Å². The topological polar surface area (TPSA) is 3.24 Å². The summed E-state index contributed by atoms with van der Waals surface area (Å²) in [6.07, 6.45) is -3.68. The maximum Gasteiger partial charge on any atom is 0.418 e. The van der Waals surface area contributed by atoms with Gasteiger partial charge in [-0.1, -0.05) is 12.1 Å². The van der Waals surface area contributed by atoms with Crippen LogP contribution >= 0.6 is 11.6 Å². The van der Waals surface area contributed by atoms with Crippen molar-refractivity contribution in [2.75, 3.05) is 18.5 Å². The fraction of sp³-hybridized carbons (Fsp3) is 0.500. The quantitative estimate of drug-likeness (QED) is 0.739. The van der Waals surface area contributed by atoms with E-state index < -0.39 is 11.7 Å². The molecule has 0 radical (unpaired) electrons. The number of hydrogen-bond acceptors (Lipinski definition) is 1. The Balaban J connectivity index is 2.89. The Kier molecular flexibility index (Phi) is 4.69. The molecule has 0 aromatic heterocycles. The molecule has 0 bridgehead atoms. The summed E-state index contributed by atoms with van der Waals surface area (Å²) in [4.78, 5) is 1.59. The van der Waals surface area contributed by atoms with E-state index in [1.807, 2.05) is 6.92 Å². The molecule has 1 rings (SSSR count). The maximum absolute atomic E-state index is 12.8. The highest BCUT2D eigenvalue weighted by Gasteiger charge is 2.33. The van der Waals surface area contributed by atoms with Gasteiger partial charge in [0.25, 0.3) is 0 Å². The Morgan fingerprint density at radius 1 is 1.29 bits per heavy atom. The molecule has 96 valence electrons. The van der Waals surface area contributed by atoms with Crippen molar-refractivity contribution in [3.8, 4) is 0 Å². The predicted molar refractivity (Wildman–Crippen MR) is 64.6 cm³/mol. The third-order valence-corrected chi connectivity index (χ3v) is 2.70. The summed E-state index contributed by atoms with van der Waals surface area (Å²) >= 11 is 5.79. The number of anilines is 1. The molecule has 0 fully saturated rings. The van der Waals surface area contributed by atoms with E-state index in [-0.39, 0.29) is 11.1 Å². The van der Waals surface area contributed by atoms with Crippen LogP contribution in [0.1, 0.15) is 18.9 Å². The second kappa shape index (κ2) is 5.63. The first-order valence-corrected chi connectivity index (χ1v) is 5.77. The number of alkyl halides is 4. The average Bonchev–Trinajstić information content (AvgIpc) is 2.24. The van der Waals surface area contributed by atoms with Gasteiger partial charge in [-0.05, 0) is 25.5 Å². The van der Waals surface area contributed by atoms with E-state index in [1.165, 1.54) is 12.1 Å². The van der Waals surface area contributed by atoms with Crippen molar-refractivity contribution in [2.45, 2.75) is 24.9 Å². The molecular formula is C12H15ClF3N. The fourth-order valence-corrected chi connectivity index (χ4v) is 1.64. The molecule has 0 saturated heterocycles. The zero-order chi connectivity index (χ0) is 13.1. The van der Waals surface area contributed by atoms with Crippen LogP contribution in [-0.2, 0) is 6.18 Å². The molecule has 0 aliphatic carbocycles. The van der Waals surface area contributed by atoms with Gasteiger partial charge >= 0.3 is 6.18 Å². The van der Waals surface area contributed by atoms with Gasteiger partial charge in [0.1, 0.15) is 0 Å². The van der Waals surface area contributed by atoms with Gasteiger partial charge in [-0.25, -0.2) is 0 Å². The van der Waals surface area contributed by atoms with E-state index in [1.54, 1.807) is 18.0 Å². The van der Waals surface area contributed by atoms with E-state index in [0.29, 0.717) is 13.0 Å². The molecule has 1 atom stereocenters. The molecule has 0 aliphatic heterocycles. The molecule has 0 heterocycles. The zero-order valence-electron chi connectivity index (χ0n) is 9.76. The van der Waals surface area contributed by atoms with Crippen molar-refractivity contribution >= 4 is 17.3 Å². The monoisotopic (exact) mass is 265 g/mol. The molecule has 0 aliphatic rings. The molecule has 0 saturated carbocycles. The van der Waals surface area contributed by atoms with Crippen LogP contribution < -0.4 is 4.90 Å². The molecule has 5 heteroatoms. The minimum atomic E-state index is -4.32. The highest BCUT2D eigenvalue weighted by atomic mass is 35.5. The number of rotatable bonds is 4. The first kappa shape index (κ1) is 14.2. The van der Waals surface area contributed by atoms with Gasteiger partial charge in [-0.3, -0.25) is 0 Å². The number of halogens is 4. The SMILES string of the molecule is CC(Cl)CCN(C)c1ccccc1C(F)(F)F. The van der Waals surface area contributed by atoms with Crippen LogP contribution in [0.3, 0.4) is 0 Å². The number of para-hydroxylation sites is 1. The van der Waals surface area contributed by atoms with Crippen LogP contribution in [0.4, 0.5) is 18.9 Å². The molecule has 1 aromatic rings. The lowest BCUT2D eigenvalue weighted by Crippen LogP contribution is -2.23. The molecule has 0 N–H and O–H groups in total. The maximum atomic E-state index is 12.8. The van der Waals surface area contributed by atoms with Gasteiger partial charge in [0, 0.05) is 24.7 Å². The minimum absolute atomic E-state index is 0.0458. The molecule has 1 aromatic carbocycles. The number of nitrogens with zero attached hydrogens (tertiary/aromatic N) is 1. The van der Waals surface area contributed by atoms with Crippen molar-refractivity contribution < 1.29 is 13.2 Å². The van der Waals surface area contributed by atoms with Crippen LogP contribution in [0.5, 0.6) is 0 Å². The molecule has 0 amide bonds. The van der Waals surface area contributed by atoms with E-state index in [9.17, 15) is 13.2 Å². The van der Waals surface area contributed by atoms with Crippen LogP contribution in [-0.4, -0.2) is 19.0 Å². The fourth-order valence-electron chi connectivity index (χ4n) is 1.54. The van der Waals surface area contributed by atoms with Gasteiger partial charge in [0.05, 0.1) is 5.56 Å². The number of benzene rings is 1.